The monoisotopic (exact) mass is 302 g/mol. The predicted molar refractivity (Wildman–Crippen MR) is 71.7 cm³/mol. The number of aliphatic hydroxyl groups excluding tert-OH is 1. The molecular formula is C13H22N2O6. The summed E-state index contributed by atoms with van der Waals surface area (Å²) in [5.41, 5.74) is 0. The van der Waals surface area contributed by atoms with E-state index in [1.54, 1.807) is 0 Å². The molecule has 0 aromatic rings. The molecular weight excluding hydrogens is 280 g/mol. The summed E-state index contributed by atoms with van der Waals surface area (Å²) in [6.45, 7) is 2.91. The van der Waals surface area contributed by atoms with Gasteiger partial charge in [0.15, 0.2) is 0 Å². The second-order valence-electron chi connectivity index (χ2n) is 5.62. The van der Waals surface area contributed by atoms with Crippen molar-refractivity contribution < 1.29 is 29.6 Å². The molecule has 0 radical (unpaired) electrons. The highest BCUT2D eigenvalue weighted by molar-refractivity contribution is 5.71. The molecule has 2 aliphatic rings. The van der Waals surface area contributed by atoms with E-state index in [0.717, 1.165) is 0 Å². The molecule has 0 aromatic carbocycles. The van der Waals surface area contributed by atoms with Crippen LogP contribution in [0.1, 0.15) is 6.42 Å². The normalized spacial score (nSPS) is 25.7. The van der Waals surface area contributed by atoms with Gasteiger partial charge in [-0.15, -0.1) is 0 Å². The summed E-state index contributed by atoms with van der Waals surface area (Å²) in [5.74, 6) is -2.26. The van der Waals surface area contributed by atoms with E-state index < -0.39 is 24.1 Å². The quantitative estimate of drug-likeness (QED) is 0.510. The molecule has 120 valence electrons. The van der Waals surface area contributed by atoms with Gasteiger partial charge in [0.25, 0.3) is 0 Å². The lowest BCUT2D eigenvalue weighted by atomic mass is 10.0. The zero-order chi connectivity index (χ0) is 15.4. The first kappa shape index (κ1) is 16.2. The molecule has 2 aliphatic heterocycles. The summed E-state index contributed by atoms with van der Waals surface area (Å²) < 4.78 is 5.60. The van der Waals surface area contributed by atoms with Crippen LogP contribution in [0.3, 0.4) is 0 Å². The van der Waals surface area contributed by atoms with E-state index in [-0.39, 0.29) is 12.5 Å². The molecule has 21 heavy (non-hydrogen) atoms. The van der Waals surface area contributed by atoms with Crippen LogP contribution in [0.2, 0.25) is 0 Å². The Morgan fingerprint density at radius 1 is 1.14 bits per heavy atom. The number of hydrogen-bond acceptors (Lipinski definition) is 6. The number of carbonyl (C=O) groups is 2. The predicted octanol–water partition coefficient (Wildman–Crippen LogP) is -1.26. The van der Waals surface area contributed by atoms with Gasteiger partial charge in [-0.2, -0.15) is 0 Å². The molecule has 0 saturated carbocycles. The van der Waals surface area contributed by atoms with Gasteiger partial charge in [0, 0.05) is 32.7 Å². The minimum atomic E-state index is -0.811. The van der Waals surface area contributed by atoms with Gasteiger partial charge in [0.05, 0.1) is 25.0 Å². The molecule has 2 saturated heterocycles. The first-order valence-electron chi connectivity index (χ1n) is 7.15. The van der Waals surface area contributed by atoms with Crippen LogP contribution in [0.15, 0.2) is 0 Å². The lowest BCUT2D eigenvalue weighted by molar-refractivity contribution is -0.149. The number of nitrogens with zero attached hydrogens (tertiary/aromatic N) is 2. The summed E-state index contributed by atoms with van der Waals surface area (Å²) in [4.78, 5) is 25.4. The number of ether oxygens (including phenoxy) is 1. The molecule has 2 fully saturated rings. The highest BCUT2D eigenvalue weighted by atomic mass is 16.5. The van der Waals surface area contributed by atoms with Crippen LogP contribution in [-0.2, 0) is 14.3 Å². The van der Waals surface area contributed by atoms with Crippen LogP contribution in [0.4, 0.5) is 0 Å². The highest BCUT2D eigenvalue weighted by Gasteiger charge is 2.34. The SMILES string of the molecule is O=C(O)C1CN(CCOC(CO)N2CCC(C(=O)O)C2)C1. The first-order chi connectivity index (χ1) is 10.0. The Balaban J connectivity index is 1.65. The van der Waals surface area contributed by atoms with Crippen LogP contribution in [0.5, 0.6) is 0 Å². The topological polar surface area (TPSA) is 111 Å². The molecule has 8 heteroatoms. The third kappa shape index (κ3) is 4.13. The van der Waals surface area contributed by atoms with Crippen LogP contribution >= 0.6 is 0 Å². The first-order valence-corrected chi connectivity index (χ1v) is 7.15. The number of hydrogen-bond donors (Lipinski definition) is 3. The summed E-state index contributed by atoms with van der Waals surface area (Å²) in [5, 5.41) is 27.1. The number of carboxylic acid groups (broad SMARTS) is 2. The van der Waals surface area contributed by atoms with Crippen molar-refractivity contribution in [2.24, 2.45) is 11.8 Å². The standard InChI is InChI=1S/C13H22N2O6/c16-8-11(15-2-1-9(7-15)12(17)18)21-4-3-14-5-10(6-14)13(19)20/h9-11,16H,1-8H2,(H,17,18)(H,19,20). The van der Waals surface area contributed by atoms with Crippen molar-refractivity contribution in [2.75, 3.05) is 45.9 Å². The minimum absolute atomic E-state index is 0.176. The Morgan fingerprint density at radius 3 is 2.33 bits per heavy atom. The van der Waals surface area contributed by atoms with E-state index in [2.05, 4.69) is 0 Å². The van der Waals surface area contributed by atoms with Gasteiger partial charge in [0.1, 0.15) is 6.23 Å². The molecule has 0 aliphatic carbocycles. The zero-order valence-electron chi connectivity index (χ0n) is 11.8. The zero-order valence-corrected chi connectivity index (χ0v) is 11.8. The van der Waals surface area contributed by atoms with E-state index in [0.29, 0.717) is 45.8 Å². The third-order valence-electron chi connectivity index (χ3n) is 4.16. The second-order valence-corrected chi connectivity index (χ2v) is 5.62. The van der Waals surface area contributed by atoms with E-state index in [4.69, 9.17) is 14.9 Å². The lowest BCUT2D eigenvalue weighted by Gasteiger charge is -2.37. The number of aliphatic carboxylic acids is 2. The molecule has 0 spiro atoms. The Hall–Kier alpha value is -1.22. The molecule has 2 rings (SSSR count). The van der Waals surface area contributed by atoms with E-state index in [1.807, 2.05) is 9.80 Å². The van der Waals surface area contributed by atoms with Crippen molar-refractivity contribution in [3.8, 4) is 0 Å². The number of aliphatic hydroxyl groups is 1. The van der Waals surface area contributed by atoms with Gasteiger partial charge in [-0.3, -0.25) is 19.4 Å². The number of likely N-dealkylation sites (tertiary alicyclic amines) is 2. The van der Waals surface area contributed by atoms with Crippen molar-refractivity contribution in [3.63, 3.8) is 0 Å². The molecule has 0 amide bonds. The Morgan fingerprint density at radius 2 is 1.81 bits per heavy atom. The molecule has 2 heterocycles. The molecule has 2 unspecified atom stereocenters. The van der Waals surface area contributed by atoms with Crippen LogP contribution in [0, 0.1) is 11.8 Å². The minimum Gasteiger partial charge on any atom is -0.481 e. The summed E-state index contributed by atoms with van der Waals surface area (Å²) in [6.07, 6.45) is 0.0904. The van der Waals surface area contributed by atoms with Crippen molar-refractivity contribution >= 4 is 11.9 Å². The van der Waals surface area contributed by atoms with Crippen LogP contribution in [0.25, 0.3) is 0 Å². The Bertz CT molecular complexity index is 385. The fraction of sp³-hybridized carbons (Fsp3) is 0.846. The van der Waals surface area contributed by atoms with Crippen molar-refractivity contribution in [3.05, 3.63) is 0 Å². The highest BCUT2D eigenvalue weighted by Crippen LogP contribution is 2.20. The maximum Gasteiger partial charge on any atom is 0.309 e. The average molecular weight is 302 g/mol. The van der Waals surface area contributed by atoms with Gasteiger partial charge in [-0.25, -0.2) is 0 Å². The number of rotatable bonds is 8. The molecule has 0 aromatic heterocycles. The summed E-state index contributed by atoms with van der Waals surface area (Å²) in [6, 6.07) is 0. The fourth-order valence-electron chi connectivity index (χ4n) is 2.75. The second kappa shape index (κ2) is 7.17. The van der Waals surface area contributed by atoms with Gasteiger partial charge in [-0.05, 0) is 6.42 Å². The molecule has 8 nitrogen and oxygen atoms in total. The smallest absolute Gasteiger partial charge is 0.309 e. The van der Waals surface area contributed by atoms with E-state index >= 15 is 0 Å². The van der Waals surface area contributed by atoms with Gasteiger partial charge in [-0.1, -0.05) is 0 Å². The summed E-state index contributed by atoms with van der Waals surface area (Å²) in [7, 11) is 0. The van der Waals surface area contributed by atoms with Crippen molar-refractivity contribution in [1.29, 1.82) is 0 Å². The van der Waals surface area contributed by atoms with Crippen molar-refractivity contribution in [1.82, 2.24) is 9.80 Å². The Labute approximate surface area is 122 Å². The maximum atomic E-state index is 10.9. The third-order valence-corrected chi connectivity index (χ3v) is 4.16. The molecule has 2 atom stereocenters. The largest absolute Gasteiger partial charge is 0.481 e. The van der Waals surface area contributed by atoms with E-state index in [1.165, 1.54) is 0 Å². The van der Waals surface area contributed by atoms with Crippen LogP contribution < -0.4 is 0 Å². The molecule has 3 N–H and O–H groups in total. The van der Waals surface area contributed by atoms with Gasteiger partial charge in [0.2, 0.25) is 0 Å². The fourth-order valence-corrected chi connectivity index (χ4v) is 2.75. The van der Waals surface area contributed by atoms with Gasteiger partial charge >= 0.3 is 11.9 Å². The lowest BCUT2D eigenvalue weighted by Crippen LogP contribution is -2.51. The average Bonchev–Trinajstić information content (AvgIpc) is 2.85. The summed E-state index contributed by atoms with van der Waals surface area (Å²) >= 11 is 0. The van der Waals surface area contributed by atoms with E-state index in [9.17, 15) is 14.7 Å². The number of carboxylic acids is 2. The Kier molecular flexibility index (Phi) is 5.51. The maximum absolute atomic E-state index is 10.9. The van der Waals surface area contributed by atoms with Gasteiger partial charge < -0.3 is 20.1 Å². The van der Waals surface area contributed by atoms with Crippen LogP contribution in [-0.4, -0.2) is 89.2 Å². The molecule has 0 bridgehead atoms. The van der Waals surface area contributed by atoms with Crippen molar-refractivity contribution in [2.45, 2.75) is 12.6 Å².